The standard InChI is InChI=1S/C22H28N2O5/c1-5-28-20(26)22(24-14-25,21(27)29-6-2)12-17-13-23-18-9-7-8-16(19(17)18)11-10-15(3)4/h7-10,13-14,23H,5-6,11-12H2,1-4H3,(H,24,25). The van der Waals surface area contributed by atoms with Gasteiger partial charge in [0.1, 0.15) is 0 Å². The van der Waals surface area contributed by atoms with Crippen LogP contribution in [0.3, 0.4) is 0 Å². The molecule has 2 aromatic rings. The van der Waals surface area contributed by atoms with E-state index < -0.39 is 17.5 Å². The van der Waals surface area contributed by atoms with E-state index in [2.05, 4.69) is 16.4 Å². The number of H-pyrrole nitrogens is 1. The van der Waals surface area contributed by atoms with E-state index >= 15 is 0 Å². The molecule has 2 rings (SSSR count). The Morgan fingerprint density at radius 2 is 1.76 bits per heavy atom. The molecule has 0 saturated carbocycles. The molecule has 156 valence electrons. The summed E-state index contributed by atoms with van der Waals surface area (Å²) in [6.07, 6.45) is 4.80. The topological polar surface area (TPSA) is 97.5 Å². The van der Waals surface area contributed by atoms with Gasteiger partial charge in [-0.25, -0.2) is 9.59 Å². The summed E-state index contributed by atoms with van der Waals surface area (Å²) in [7, 11) is 0. The Morgan fingerprint density at radius 3 is 2.31 bits per heavy atom. The van der Waals surface area contributed by atoms with Crippen LogP contribution in [-0.2, 0) is 36.7 Å². The number of benzene rings is 1. The summed E-state index contributed by atoms with van der Waals surface area (Å²) in [5.41, 5.74) is 1.88. The van der Waals surface area contributed by atoms with E-state index in [0.717, 1.165) is 16.5 Å². The molecular weight excluding hydrogens is 372 g/mol. The van der Waals surface area contributed by atoms with Crippen molar-refractivity contribution in [2.45, 2.75) is 46.1 Å². The number of carbonyl (C=O) groups is 3. The minimum atomic E-state index is -1.95. The molecule has 0 aliphatic rings. The van der Waals surface area contributed by atoms with Crippen LogP contribution in [0.25, 0.3) is 10.9 Å². The van der Waals surface area contributed by atoms with Crippen LogP contribution in [0, 0.1) is 0 Å². The molecule has 29 heavy (non-hydrogen) atoms. The third-order valence-electron chi connectivity index (χ3n) is 4.61. The average molecular weight is 400 g/mol. The first-order chi connectivity index (χ1) is 13.9. The van der Waals surface area contributed by atoms with E-state index in [9.17, 15) is 14.4 Å². The second-order valence-corrected chi connectivity index (χ2v) is 6.92. The first-order valence-electron chi connectivity index (χ1n) is 9.66. The number of esters is 2. The quantitative estimate of drug-likeness (QED) is 0.277. The number of aromatic nitrogens is 1. The van der Waals surface area contributed by atoms with Gasteiger partial charge < -0.3 is 19.8 Å². The van der Waals surface area contributed by atoms with E-state index in [1.165, 1.54) is 5.57 Å². The van der Waals surface area contributed by atoms with Crippen LogP contribution >= 0.6 is 0 Å². The van der Waals surface area contributed by atoms with Gasteiger partial charge in [-0.15, -0.1) is 0 Å². The van der Waals surface area contributed by atoms with Crippen molar-refractivity contribution in [3.05, 3.63) is 47.2 Å². The van der Waals surface area contributed by atoms with Crippen LogP contribution in [0.15, 0.2) is 36.0 Å². The normalized spacial score (nSPS) is 11.0. The molecule has 0 fully saturated rings. The fourth-order valence-corrected chi connectivity index (χ4v) is 3.25. The molecule has 0 bridgehead atoms. The average Bonchev–Trinajstić information content (AvgIpc) is 3.09. The maximum atomic E-state index is 12.8. The summed E-state index contributed by atoms with van der Waals surface area (Å²) in [5.74, 6) is -1.69. The van der Waals surface area contributed by atoms with E-state index in [4.69, 9.17) is 9.47 Å². The summed E-state index contributed by atoms with van der Waals surface area (Å²) >= 11 is 0. The SMILES string of the molecule is CCOC(=O)C(Cc1c[nH]c2cccc(CC=C(C)C)c12)(NC=O)C(=O)OCC. The number of rotatable bonds is 10. The number of aromatic amines is 1. The monoisotopic (exact) mass is 400 g/mol. The number of ether oxygens (including phenoxy) is 2. The zero-order valence-electron chi connectivity index (χ0n) is 17.3. The van der Waals surface area contributed by atoms with Gasteiger partial charge in [0.25, 0.3) is 0 Å². The van der Waals surface area contributed by atoms with E-state index in [1.54, 1.807) is 20.0 Å². The second kappa shape index (κ2) is 9.91. The Bertz CT molecular complexity index is 891. The molecule has 1 aromatic carbocycles. The lowest BCUT2D eigenvalue weighted by Gasteiger charge is -2.28. The van der Waals surface area contributed by atoms with Crippen LogP contribution in [0.1, 0.15) is 38.8 Å². The van der Waals surface area contributed by atoms with Gasteiger partial charge in [0.05, 0.1) is 13.2 Å². The molecule has 0 atom stereocenters. The Balaban J connectivity index is 2.59. The predicted molar refractivity (Wildman–Crippen MR) is 110 cm³/mol. The molecule has 1 heterocycles. The summed E-state index contributed by atoms with van der Waals surface area (Å²) < 4.78 is 10.2. The molecule has 0 unspecified atom stereocenters. The van der Waals surface area contributed by atoms with Gasteiger partial charge in [0.15, 0.2) is 0 Å². The Kier molecular flexibility index (Phi) is 7.59. The highest BCUT2D eigenvalue weighted by atomic mass is 16.6. The number of hydrogen-bond donors (Lipinski definition) is 2. The Labute approximate surface area is 170 Å². The lowest BCUT2D eigenvalue weighted by Crippen LogP contribution is -2.60. The highest BCUT2D eigenvalue weighted by Gasteiger charge is 2.49. The number of fused-ring (bicyclic) bond motifs is 1. The molecule has 2 N–H and O–H groups in total. The molecule has 1 amide bonds. The minimum absolute atomic E-state index is 0.0697. The maximum absolute atomic E-state index is 12.8. The Hall–Kier alpha value is -3.09. The number of allylic oxidation sites excluding steroid dienone is 2. The van der Waals surface area contributed by atoms with Crippen LogP contribution in [0.2, 0.25) is 0 Å². The van der Waals surface area contributed by atoms with E-state index in [-0.39, 0.29) is 19.6 Å². The molecular formula is C22H28N2O5. The van der Waals surface area contributed by atoms with Gasteiger partial charge >= 0.3 is 11.9 Å². The van der Waals surface area contributed by atoms with E-state index in [0.29, 0.717) is 18.4 Å². The molecule has 7 nitrogen and oxygen atoms in total. The molecule has 0 spiro atoms. The summed E-state index contributed by atoms with van der Waals surface area (Å²) in [6.45, 7) is 7.47. The van der Waals surface area contributed by atoms with Gasteiger partial charge in [-0.2, -0.15) is 0 Å². The summed E-state index contributed by atoms with van der Waals surface area (Å²) in [5, 5.41) is 3.30. The third-order valence-corrected chi connectivity index (χ3v) is 4.61. The molecule has 7 heteroatoms. The maximum Gasteiger partial charge on any atom is 0.344 e. The van der Waals surface area contributed by atoms with Crippen molar-refractivity contribution in [1.29, 1.82) is 0 Å². The van der Waals surface area contributed by atoms with Crippen LogP contribution in [-0.4, -0.2) is 42.1 Å². The minimum Gasteiger partial charge on any atom is -0.464 e. The first kappa shape index (κ1) is 22.2. The number of nitrogens with one attached hydrogen (secondary N) is 2. The van der Waals surface area contributed by atoms with Gasteiger partial charge in [-0.1, -0.05) is 23.8 Å². The van der Waals surface area contributed by atoms with Gasteiger partial charge in [-0.05, 0) is 51.3 Å². The molecule has 0 radical (unpaired) electrons. The van der Waals surface area contributed by atoms with Crippen molar-refractivity contribution >= 4 is 29.3 Å². The number of hydrogen-bond acceptors (Lipinski definition) is 5. The predicted octanol–water partition coefficient (Wildman–Crippen LogP) is 2.83. The lowest BCUT2D eigenvalue weighted by molar-refractivity contribution is -0.167. The fraction of sp³-hybridized carbons (Fsp3) is 0.409. The smallest absolute Gasteiger partial charge is 0.344 e. The summed E-state index contributed by atoms with van der Waals surface area (Å²) in [6, 6.07) is 5.88. The van der Waals surface area contributed by atoms with Gasteiger partial charge in [0, 0.05) is 23.5 Å². The number of carbonyl (C=O) groups excluding carboxylic acids is 3. The van der Waals surface area contributed by atoms with Gasteiger partial charge in [0.2, 0.25) is 11.9 Å². The van der Waals surface area contributed by atoms with Crippen molar-refractivity contribution < 1.29 is 23.9 Å². The van der Waals surface area contributed by atoms with Crippen LogP contribution in [0.4, 0.5) is 0 Å². The molecule has 0 saturated heterocycles. The fourth-order valence-electron chi connectivity index (χ4n) is 3.25. The first-order valence-corrected chi connectivity index (χ1v) is 9.66. The highest BCUT2D eigenvalue weighted by molar-refractivity contribution is 6.07. The van der Waals surface area contributed by atoms with Crippen LogP contribution < -0.4 is 5.32 Å². The largest absolute Gasteiger partial charge is 0.464 e. The lowest BCUT2D eigenvalue weighted by atomic mass is 9.89. The third kappa shape index (κ3) is 4.85. The highest BCUT2D eigenvalue weighted by Crippen LogP contribution is 2.28. The zero-order valence-corrected chi connectivity index (χ0v) is 17.3. The molecule has 1 aromatic heterocycles. The van der Waals surface area contributed by atoms with E-state index in [1.807, 2.05) is 32.0 Å². The van der Waals surface area contributed by atoms with Crippen molar-refractivity contribution in [2.24, 2.45) is 0 Å². The molecule has 0 aliphatic heterocycles. The van der Waals surface area contributed by atoms with Crippen LogP contribution in [0.5, 0.6) is 0 Å². The van der Waals surface area contributed by atoms with Crippen molar-refractivity contribution in [2.75, 3.05) is 13.2 Å². The van der Waals surface area contributed by atoms with Gasteiger partial charge in [-0.3, -0.25) is 4.79 Å². The molecule has 0 aliphatic carbocycles. The van der Waals surface area contributed by atoms with Crippen molar-refractivity contribution in [3.8, 4) is 0 Å². The summed E-state index contributed by atoms with van der Waals surface area (Å²) in [4.78, 5) is 40.1. The van der Waals surface area contributed by atoms with Crippen molar-refractivity contribution in [3.63, 3.8) is 0 Å². The Morgan fingerprint density at radius 1 is 1.10 bits per heavy atom. The number of amides is 1. The second-order valence-electron chi connectivity index (χ2n) is 6.92. The van der Waals surface area contributed by atoms with Crippen molar-refractivity contribution in [1.82, 2.24) is 10.3 Å². The zero-order chi connectivity index (χ0) is 21.4.